The number of ether oxygens (including phenoxy) is 1. The minimum Gasteiger partial charge on any atom is -0.381 e. The second-order valence-corrected chi connectivity index (χ2v) is 8.97. The van der Waals surface area contributed by atoms with Gasteiger partial charge in [-0.15, -0.1) is 0 Å². The zero-order valence-corrected chi connectivity index (χ0v) is 17.0. The van der Waals surface area contributed by atoms with E-state index in [1.807, 2.05) is 18.2 Å². The van der Waals surface area contributed by atoms with Gasteiger partial charge in [0.05, 0.1) is 0 Å². The summed E-state index contributed by atoms with van der Waals surface area (Å²) >= 11 is 0. The average Bonchev–Trinajstić information content (AvgIpc) is 3.08. The van der Waals surface area contributed by atoms with Crippen LogP contribution >= 0.6 is 0 Å². The summed E-state index contributed by atoms with van der Waals surface area (Å²) in [7, 11) is 0. The summed E-state index contributed by atoms with van der Waals surface area (Å²) in [6.45, 7) is 2.51. The van der Waals surface area contributed by atoms with Gasteiger partial charge >= 0.3 is 0 Å². The lowest BCUT2D eigenvalue weighted by molar-refractivity contribution is -0.136. The predicted octanol–water partition coefficient (Wildman–Crippen LogP) is 0.434. The average molecular weight is 412 g/mol. The SMILES string of the molecule is NC1CC(NCc2cccc3c2C(=O)N(C2CCC(=O)NC2=O)C3)C12CCOCC2. The zero-order valence-electron chi connectivity index (χ0n) is 17.0. The van der Waals surface area contributed by atoms with Gasteiger partial charge in [-0.3, -0.25) is 19.7 Å². The first-order chi connectivity index (χ1) is 14.5. The first-order valence-electron chi connectivity index (χ1n) is 10.8. The summed E-state index contributed by atoms with van der Waals surface area (Å²) < 4.78 is 5.53. The number of nitrogens with two attached hydrogens (primary N) is 1. The molecule has 1 saturated carbocycles. The second-order valence-electron chi connectivity index (χ2n) is 8.97. The van der Waals surface area contributed by atoms with E-state index in [2.05, 4.69) is 10.6 Å². The summed E-state index contributed by atoms with van der Waals surface area (Å²) in [5, 5.41) is 6.01. The van der Waals surface area contributed by atoms with Crippen molar-refractivity contribution in [2.45, 2.75) is 63.3 Å². The Morgan fingerprint density at radius 2 is 2.03 bits per heavy atom. The summed E-state index contributed by atoms with van der Waals surface area (Å²) in [4.78, 5) is 38.6. The molecular formula is C22H28N4O4. The third-order valence-electron chi connectivity index (χ3n) is 7.52. The van der Waals surface area contributed by atoms with Gasteiger partial charge in [0.15, 0.2) is 0 Å². The number of rotatable bonds is 4. The van der Waals surface area contributed by atoms with Crippen LogP contribution in [0.2, 0.25) is 0 Å². The molecular weight excluding hydrogens is 384 g/mol. The molecule has 0 bridgehead atoms. The largest absolute Gasteiger partial charge is 0.381 e. The van der Waals surface area contributed by atoms with E-state index in [1.54, 1.807) is 4.90 Å². The summed E-state index contributed by atoms with van der Waals surface area (Å²) in [5.41, 5.74) is 9.05. The quantitative estimate of drug-likeness (QED) is 0.618. The van der Waals surface area contributed by atoms with Gasteiger partial charge in [0.2, 0.25) is 11.8 Å². The van der Waals surface area contributed by atoms with Gasteiger partial charge in [0, 0.05) is 55.8 Å². The van der Waals surface area contributed by atoms with Crippen LogP contribution in [0.15, 0.2) is 18.2 Å². The summed E-state index contributed by atoms with van der Waals surface area (Å²) in [6, 6.07) is 5.83. The van der Waals surface area contributed by atoms with Crippen molar-refractivity contribution in [1.82, 2.24) is 15.5 Å². The van der Waals surface area contributed by atoms with Crippen LogP contribution < -0.4 is 16.4 Å². The monoisotopic (exact) mass is 412 g/mol. The smallest absolute Gasteiger partial charge is 0.255 e. The van der Waals surface area contributed by atoms with Crippen molar-refractivity contribution in [3.05, 3.63) is 34.9 Å². The number of hydrogen-bond acceptors (Lipinski definition) is 6. The number of carbonyl (C=O) groups is 3. The number of carbonyl (C=O) groups excluding carboxylic acids is 3. The van der Waals surface area contributed by atoms with Crippen molar-refractivity contribution in [1.29, 1.82) is 0 Å². The van der Waals surface area contributed by atoms with Crippen LogP contribution in [0.1, 0.15) is 53.6 Å². The molecule has 160 valence electrons. The first kappa shape index (κ1) is 19.7. The van der Waals surface area contributed by atoms with Crippen molar-refractivity contribution in [3.8, 4) is 0 Å². The minimum atomic E-state index is -0.585. The van der Waals surface area contributed by atoms with E-state index in [-0.39, 0.29) is 35.6 Å². The van der Waals surface area contributed by atoms with Crippen LogP contribution in [0.3, 0.4) is 0 Å². The van der Waals surface area contributed by atoms with Crippen LogP contribution in [0.25, 0.3) is 0 Å². The van der Waals surface area contributed by atoms with E-state index in [0.717, 1.165) is 43.6 Å². The number of nitrogens with zero attached hydrogens (tertiary/aromatic N) is 1. The van der Waals surface area contributed by atoms with E-state index < -0.39 is 6.04 Å². The predicted molar refractivity (Wildman–Crippen MR) is 108 cm³/mol. The zero-order chi connectivity index (χ0) is 20.9. The van der Waals surface area contributed by atoms with Crippen molar-refractivity contribution >= 4 is 17.7 Å². The Morgan fingerprint density at radius 1 is 1.23 bits per heavy atom. The number of benzene rings is 1. The standard InChI is InChI=1S/C22H28N4O4/c23-16-10-17(22(16)6-8-30-9-7-22)24-11-13-2-1-3-14-12-26(21(29)19(13)14)15-4-5-18(27)25-20(15)28/h1-3,15-17,24H,4-12,23H2,(H,25,27,28). The fraction of sp³-hybridized carbons (Fsp3) is 0.591. The van der Waals surface area contributed by atoms with Gasteiger partial charge in [-0.1, -0.05) is 18.2 Å². The van der Waals surface area contributed by atoms with Crippen LogP contribution in [0.4, 0.5) is 0 Å². The molecule has 2 saturated heterocycles. The number of amides is 3. The molecule has 3 atom stereocenters. The summed E-state index contributed by atoms with van der Waals surface area (Å²) in [5.74, 6) is -0.772. The Balaban J connectivity index is 1.31. The molecule has 4 aliphatic rings. The Kier molecular flexibility index (Phi) is 4.88. The molecule has 3 heterocycles. The molecule has 0 radical (unpaired) electrons. The van der Waals surface area contributed by atoms with Crippen LogP contribution in [0, 0.1) is 5.41 Å². The second kappa shape index (κ2) is 7.44. The van der Waals surface area contributed by atoms with E-state index in [0.29, 0.717) is 31.1 Å². The van der Waals surface area contributed by atoms with E-state index in [4.69, 9.17) is 10.5 Å². The highest BCUT2D eigenvalue weighted by Crippen LogP contribution is 2.48. The maximum atomic E-state index is 13.2. The number of piperidine rings is 1. The van der Waals surface area contributed by atoms with E-state index in [9.17, 15) is 14.4 Å². The molecule has 3 amide bonds. The van der Waals surface area contributed by atoms with Crippen molar-refractivity contribution < 1.29 is 19.1 Å². The number of fused-ring (bicyclic) bond motifs is 1. The van der Waals surface area contributed by atoms with E-state index >= 15 is 0 Å². The van der Waals surface area contributed by atoms with Crippen molar-refractivity contribution in [2.24, 2.45) is 11.1 Å². The minimum absolute atomic E-state index is 0.0962. The van der Waals surface area contributed by atoms with Gasteiger partial charge in [-0.2, -0.15) is 0 Å². The van der Waals surface area contributed by atoms with Gasteiger partial charge in [-0.05, 0) is 36.8 Å². The van der Waals surface area contributed by atoms with Crippen molar-refractivity contribution in [3.63, 3.8) is 0 Å². The number of hydrogen-bond donors (Lipinski definition) is 3. The topological polar surface area (TPSA) is 114 Å². The Labute approximate surface area is 175 Å². The number of imide groups is 1. The van der Waals surface area contributed by atoms with Crippen LogP contribution in [-0.2, 0) is 27.4 Å². The fourth-order valence-electron chi connectivity index (χ4n) is 5.65. The molecule has 4 N–H and O–H groups in total. The molecule has 0 aromatic heterocycles. The molecule has 8 heteroatoms. The first-order valence-corrected chi connectivity index (χ1v) is 10.8. The van der Waals surface area contributed by atoms with Gasteiger partial charge < -0.3 is 20.7 Å². The van der Waals surface area contributed by atoms with Crippen molar-refractivity contribution in [2.75, 3.05) is 13.2 Å². The highest BCUT2D eigenvalue weighted by atomic mass is 16.5. The molecule has 3 unspecified atom stereocenters. The molecule has 1 aliphatic carbocycles. The van der Waals surface area contributed by atoms with Gasteiger partial charge in [0.1, 0.15) is 6.04 Å². The Hall–Kier alpha value is -2.29. The lowest BCUT2D eigenvalue weighted by atomic mass is 9.56. The maximum Gasteiger partial charge on any atom is 0.255 e. The highest BCUT2D eigenvalue weighted by molar-refractivity contribution is 6.05. The van der Waals surface area contributed by atoms with Crippen LogP contribution in [0.5, 0.6) is 0 Å². The Bertz CT molecular complexity index is 895. The highest BCUT2D eigenvalue weighted by Gasteiger charge is 2.53. The fourth-order valence-corrected chi connectivity index (χ4v) is 5.65. The lowest BCUT2D eigenvalue weighted by Gasteiger charge is -2.57. The molecule has 30 heavy (non-hydrogen) atoms. The molecule has 3 aliphatic heterocycles. The van der Waals surface area contributed by atoms with Gasteiger partial charge in [-0.25, -0.2) is 0 Å². The molecule has 1 spiro atoms. The molecule has 8 nitrogen and oxygen atoms in total. The summed E-state index contributed by atoms with van der Waals surface area (Å²) in [6.07, 6.45) is 3.52. The molecule has 1 aromatic carbocycles. The third-order valence-corrected chi connectivity index (χ3v) is 7.52. The van der Waals surface area contributed by atoms with Crippen LogP contribution in [-0.4, -0.2) is 54.0 Å². The number of nitrogens with one attached hydrogen (secondary N) is 2. The Morgan fingerprint density at radius 3 is 2.77 bits per heavy atom. The lowest BCUT2D eigenvalue weighted by Crippen LogP contribution is -2.67. The molecule has 3 fully saturated rings. The molecule has 5 rings (SSSR count). The molecule has 1 aromatic rings. The maximum absolute atomic E-state index is 13.2. The third kappa shape index (κ3) is 3.05. The van der Waals surface area contributed by atoms with E-state index in [1.165, 1.54) is 0 Å². The normalized spacial score (nSPS) is 30.2. The van der Waals surface area contributed by atoms with Gasteiger partial charge in [0.25, 0.3) is 5.91 Å².